The third kappa shape index (κ3) is 4.03. The lowest BCUT2D eigenvalue weighted by Crippen LogP contribution is -2.46. The fourth-order valence-electron chi connectivity index (χ4n) is 2.98. The Morgan fingerprint density at radius 1 is 1.33 bits per heavy atom. The van der Waals surface area contributed by atoms with E-state index < -0.39 is 15.4 Å². The molecule has 3 rings (SSSR count). The van der Waals surface area contributed by atoms with Crippen LogP contribution in [0.15, 0.2) is 42.7 Å². The Kier molecular flexibility index (Phi) is 4.45. The maximum Gasteiger partial charge on any atom is 0.220 e. The van der Waals surface area contributed by atoms with Crippen LogP contribution >= 0.6 is 0 Å². The Morgan fingerprint density at radius 2 is 2.08 bits per heavy atom. The average molecular weight is 347 g/mol. The zero-order valence-corrected chi connectivity index (χ0v) is 14.4. The van der Waals surface area contributed by atoms with Gasteiger partial charge in [-0.25, -0.2) is 13.1 Å². The van der Waals surface area contributed by atoms with Crippen LogP contribution in [0.25, 0.3) is 5.69 Å². The molecular weight excluding hydrogens is 326 g/mol. The van der Waals surface area contributed by atoms with E-state index in [2.05, 4.69) is 10.4 Å². The van der Waals surface area contributed by atoms with Gasteiger partial charge in [0.05, 0.1) is 28.9 Å². The SMILES string of the molecule is CC1(NC(=O)CCc2cnn(-c3ccccc3)c2)CCS(=O)(=O)C1. The molecule has 1 aliphatic rings. The zero-order valence-electron chi connectivity index (χ0n) is 13.6. The van der Waals surface area contributed by atoms with Gasteiger partial charge in [0.25, 0.3) is 0 Å². The average Bonchev–Trinajstić information content (AvgIpc) is 3.10. The Hall–Kier alpha value is -2.15. The number of nitrogens with zero attached hydrogens (tertiary/aromatic N) is 2. The van der Waals surface area contributed by atoms with E-state index in [1.54, 1.807) is 17.8 Å². The molecule has 1 saturated heterocycles. The van der Waals surface area contributed by atoms with Gasteiger partial charge in [0.15, 0.2) is 9.84 Å². The molecule has 1 atom stereocenters. The molecule has 24 heavy (non-hydrogen) atoms. The molecule has 0 saturated carbocycles. The third-order valence-corrected chi connectivity index (χ3v) is 6.15. The number of amides is 1. The summed E-state index contributed by atoms with van der Waals surface area (Å²) < 4.78 is 24.9. The molecule has 0 aliphatic carbocycles. The largest absolute Gasteiger partial charge is 0.350 e. The molecular formula is C17H21N3O3S. The van der Waals surface area contributed by atoms with Crippen molar-refractivity contribution in [2.75, 3.05) is 11.5 Å². The summed E-state index contributed by atoms with van der Waals surface area (Å²) in [4.78, 5) is 12.1. The van der Waals surface area contributed by atoms with Crippen LogP contribution in [-0.4, -0.2) is 41.2 Å². The number of carbonyl (C=O) groups is 1. The van der Waals surface area contributed by atoms with Gasteiger partial charge in [-0.1, -0.05) is 18.2 Å². The zero-order chi connectivity index (χ0) is 17.2. The summed E-state index contributed by atoms with van der Waals surface area (Å²) in [5.74, 6) is 0.0488. The van der Waals surface area contributed by atoms with Crippen LogP contribution < -0.4 is 5.32 Å². The van der Waals surface area contributed by atoms with Crippen LogP contribution in [0.2, 0.25) is 0 Å². The molecule has 1 aliphatic heterocycles. The van der Waals surface area contributed by atoms with Crippen molar-refractivity contribution >= 4 is 15.7 Å². The van der Waals surface area contributed by atoms with Gasteiger partial charge in [-0.2, -0.15) is 5.10 Å². The second-order valence-electron chi connectivity index (χ2n) is 6.58. The van der Waals surface area contributed by atoms with Crippen molar-refractivity contribution in [1.82, 2.24) is 15.1 Å². The van der Waals surface area contributed by atoms with E-state index >= 15 is 0 Å². The van der Waals surface area contributed by atoms with Gasteiger partial charge in [-0.15, -0.1) is 0 Å². The lowest BCUT2D eigenvalue weighted by Gasteiger charge is -2.23. The molecule has 0 bridgehead atoms. The van der Waals surface area contributed by atoms with E-state index in [0.717, 1.165) is 11.3 Å². The number of hydrogen-bond acceptors (Lipinski definition) is 4. The molecule has 2 aromatic rings. The van der Waals surface area contributed by atoms with Crippen LogP contribution in [0.1, 0.15) is 25.3 Å². The number of rotatable bonds is 5. The molecule has 0 radical (unpaired) electrons. The fourth-order valence-corrected chi connectivity index (χ4v) is 5.07. The molecule has 1 aromatic heterocycles. The Bertz CT molecular complexity index is 830. The summed E-state index contributed by atoms with van der Waals surface area (Å²) in [5.41, 5.74) is 1.31. The van der Waals surface area contributed by atoms with Crippen LogP contribution in [0.3, 0.4) is 0 Å². The van der Waals surface area contributed by atoms with E-state index in [4.69, 9.17) is 0 Å². The molecule has 2 heterocycles. The second kappa shape index (κ2) is 6.39. The molecule has 1 amide bonds. The van der Waals surface area contributed by atoms with Crippen molar-refractivity contribution in [2.24, 2.45) is 0 Å². The lowest BCUT2D eigenvalue weighted by molar-refractivity contribution is -0.122. The van der Waals surface area contributed by atoms with Gasteiger partial charge >= 0.3 is 0 Å². The van der Waals surface area contributed by atoms with Crippen molar-refractivity contribution in [3.63, 3.8) is 0 Å². The number of aromatic nitrogens is 2. The molecule has 1 aromatic carbocycles. The maximum atomic E-state index is 12.1. The van der Waals surface area contributed by atoms with Crippen LogP contribution in [0.5, 0.6) is 0 Å². The first kappa shape index (κ1) is 16.7. The van der Waals surface area contributed by atoms with Gasteiger partial charge in [0.2, 0.25) is 5.91 Å². The molecule has 128 valence electrons. The van der Waals surface area contributed by atoms with Crippen molar-refractivity contribution in [1.29, 1.82) is 0 Å². The summed E-state index contributed by atoms with van der Waals surface area (Å²) in [6.45, 7) is 1.79. The van der Waals surface area contributed by atoms with E-state index in [9.17, 15) is 13.2 Å². The minimum Gasteiger partial charge on any atom is -0.350 e. The molecule has 1 N–H and O–H groups in total. The maximum absolute atomic E-state index is 12.1. The highest BCUT2D eigenvalue weighted by Gasteiger charge is 2.39. The summed E-state index contributed by atoms with van der Waals surface area (Å²) in [5, 5.41) is 7.18. The first-order valence-electron chi connectivity index (χ1n) is 7.96. The summed E-state index contributed by atoms with van der Waals surface area (Å²) in [6.07, 6.45) is 5.02. The van der Waals surface area contributed by atoms with Crippen molar-refractivity contribution in [3.05, 3.63) is 48.3 Å². The lowest BCUT2D eigenvalue weighted by atomic mass is 10.0. The third-order valence-electron chi connectivity index (χ3n) is 4.24. The minimum absolute atomic E-state index is 0.0255. The predicted octanol–water partition coefficient (Wildman–Crippen LogP) is 1.50. The smallest absolute Gasteiger partial charge is 0.220 e. The minimum atomic E-state index is -3.02. The van der Waals surface area contributed by atoms with Gasteiger partial charge in [-0.05, 0) is 37.5 Å². The van der Waals surface area contributed by atoms with Crippen LogP contribution in [0.4, 0.5) is 0 Å². The highest BCUT2D eigenvalue weighted by molar-refractivity contribution is 7.91. The quantitative estimate of drug-likeness (QED) is 0.889. The first-order chi connectivity index (χ1) is 11.4. The molecule has 1 fully saturated rings. The number of aryl methyl sites for hydroxylation is 1. The first-order valence-corrected chi connectivity index (χ1v) is 9.78. The number of para-hydroxylation sites is 1. The predicted molar refractivity (Wildman–Crippen MR) is 91.7 cm³/mol. The van der Waals surface area contributed by atoms with Crippen LogP contribution in [0, 0.1) is 0 Å². The number of carbonyl (C=O) groups excluding carboxylic acids is 1. The second-order valence-corrected chi connectivity index (χ2v) is 8.76. The van der Waals surface area contributed by atoms with E-state index in [-0.39, 0.29) is 17.4 Å². The number of hydrogen-bond donors (Lipinski definition) is 1. The van der Waals surface area contributed by atoms with E-state index in [1.165, 1.54) is 0 Å². The van der Waals surface area contributed by atoms with Crippen molar-refractivity contribution < 1.29 is 13.2 Å². The van der Waals surface area contributed by atoms with Crippen LogP contribution in [-0.2, 0) is 21.1 Å². The molecule has 1 unspecified atom stereocenters. The standard InChI is InChI=1S/C17H21N3O3S/c1-17(9-10-24(22,23)13-17)19-16(21)8-7-14-11-18-20(12-14)15-5-3-2-4-6-15/h2-6,11-12H,7-10,13H2,1H3,(H,19,21). The van der Waals surface area contributed by atoms with E-state index in [0.29, 0.717) is 19.3 Å². The van der Waals surface area contributed by atoms with E-state index in [1.807, 2.05) is 36.5 Å². The Labute approximate surface area is 141 Å². The molecule has 6 nitrogen and oxygen atoms in total. The molecule has 0 spiro atoms. The van der Waals surface area contributed by atoms with Gasteiger partial charge in [-0.3, -0.25) is 4.79 Å². The normalized spacial score (nSPS) is 22.4. The summed E-state index contributed by atoms with van der Waals surface area (Å²) in [6, 6.07) is 9.76. The number of sulfone groups is 1. The number of nitrogens with one attached hydrogen (secondary N) is 1. The summed E-state index contributed by atoms with van der Waals surface area (Å²) in [7, 11) is -3.02. The monoisotopic (exact) mass is 347 g/mol. The Balaban J connectivity index is 1.55. The van der Waals surface area contributed by atoms with Gasteiger partial charge in [0.1, 0.15) is 0 Å². The van der Waals surface area contributed by atoms with Crippen molar-refractivity contribution in [2.45, 2.75) is 31.7 Å². The van der Waals surface area contributed by atoms with Gasteiger partial charge < -0.3 is 5.32 Å². The highest BCUT2D eigenvalue weighted by atomic mass is 32.2. The molecule has 7 heteroatoms. The topological polar surface area (TPSA) is 81.1 Å². The highest BCUT2D eigenvalue weighted by Crippen LogP contribution is 2.23. The van der Waals surface area contributed by atoms with Gasteiger partial charge in [0, 0.05) is 12.6 Å². The Morgan fingerprint density at radius 3 is 2.75 bits per heavy atom. The summed E-state index contributed by atoms with van der Waals surface area (Å²) >= 11 is 0. The fraction of sp³-hybridized carbons (Fsp3) is 0.412. The van der Waals surface area contributed by atoms with Crippen molar-refractivity contribution in [3.8, 4) is 5.69 Å². The number of benzene rings is 1.